The Morgan fingerprint density at radius 3 is 2.68 bits per heavy atom. The molecule has 5 nitrogen and oxygen atoms in total. The summed E-state index contributed by atoms with van der Waals surface area (Å²) in [7, 11) is 1.42. The minimum absolute atomic E-state index is 0.128. The number of rotatable bonds is 4. The molecule has 6 heteroatoms. The van der Waals surface area contributed by atoms with Gasteiger partial charge in [0.05, 0.1) is 7.11 Å². The van der Waals surface area contributed by atoms with Crippen LogP contribution in [0.2, 0.25) is 0 Å². The number of carbonyl (C=O) groups excluding carboxylic acids is 1. The number of aromatic hydroxyl groups is 1. The molecule has 0 aliphatic carbocycles. The number of hydrogen-bond acceptors (Lipinski definition) is 4. The Hall–Kier alpha value is -2.78. The topological polar surface area (TPSA) is 82.3 Å². The molecule has 25 heavy (non-hydrogen) atoms. The number of carbonyl (C=O) groups is 1. The lowest BCUT2D eigenvalue weighted by molar-refractivity contribution is -0.112. The van der Waals surface area contributed by atoms with Crippen molar-refractivity contribution in [2.75, 3.05) is 12.4 Å². The van der Waals surface area contributed by atoms with E-state index in [1.165, 1.54) is 13.2 Å². The molecule has 0 fully saturated rings. The van der Waals surface area contributed by atoms with Gasteiger partial charge in [-0.25, -0.2) is 0 Å². The highest BCUT2D eigenvalue weighted by atomic mass is 79.9. The minimum Gasteiger partial charge on any atom is -0.504 e. The molecular weight excluding hydrogens is 384 g/mol. The highest BCUT2D eigenvalue weighted by molar-refractivity contribution is 9.10. The van der Waals surface area contributed by atoms with E-state index in [0.29, 0.717) is 15.7 Å². The number of anilines is 1. The van der Waals surface area contributed by atoms with Crippen LogP contribution in [0.25, 0.3) is 6.08 Å². The third-order valence-electron chi connectivity index (χ3n) is 3.60. The Morgan fingerprint density at radius 1 is 1.32 bits per heavy atom. The quantitative estimate of drug-likeness (QED) is 0.590. The highest BCUT2D eigenvalue weighted by Gasteiger charge is 2.14. The smallest absolute Gasteiger partial charge is 0.266 e. The fraction of sp³-hybridized carbons (Fsp3) is 0.158. The van der Waals surface area contributed by atoms with Crippen LogP contribution in [0.4, 0.5) is 5.69 Å². The van der Waals surface area contributed by atoms with Crippen LogP contribution in [0.5, 0.6) is 11.5 Å². The summed E-state index contributed by atoms with van der Waals surface area (Å²) in [4.78, 5) is 12.4. The van der Waals surface area contributed by atoms with Crippen molar-refractivity contribution in [3.8, 4) is 17.6 Å². The van der Waals surface area contributed by atoms with Crippen LogP contribution < -0.4 is 10.1 Å². The summed E-state index contributed by atoms with van der Waals surface area (Å²) >= 11 is 3.30. The summed E-state index contributed by atoms with van der Waals surface area (Å²) in [6, 6.07) is 10.7. The maximum atomic E-state index is 12.4. The molecule has 0 atom stereocenters. The number of benzene rings is 2. The molecule has 0 spiro atoms. The zero-order chi connectivity index (χ0) is 18.6. The molecule has 0 aliphatic rings. The number of amides is 1. The third kappa shape index (κ3) is 4.40. The predicted octanol–water partition coefficient (Wildman–Crippen LogP) is 4.33. The van der Waals surface area contributed by atoms with Gasteiger partial charge in [0.2, 0.25) is 0 Å². The molecule has 0 unspecified atom stereocenters. The van der Waals surface area contributed by atoms with Gasteiger partial charge in [-0.2, -0.15) is 5.26 Å². The van der Waals surface area contributed by atoms with Gasteiger partial charge < -0.3 is 15.2 Å². The second-order valence-electron chi connectivity index (χ2n) is 5.49. The lowest BCUT2D eigenvalue weighted by Gasteiger charge is -2.10. The number of ether oxygens (including phenoxy) is 1. The van der Waals surface area contributed by atoms with Crippen LogP contribution in [0.1, 0.15) is 16.7 Å². The number of phenolic OH excluding ortho intramolecular Hbond substituents is 1. The molecule has 0 bridgehead atoms. The van der Waals surface area contributed by atoms with Crippen LogP contribution in [-0.2, 0) is 4.79 Å². The highest BCUT2D eigenvalue weighted by Crippen LogP contribution is 2.35. The molecule has 2 N–H and O–H groups in total. The Bertz CT molecular complexity index is 898. The molecule has 0 saturated heterocycles. The number of methoxy groups -OCH3 is 1. The number of halogens is 1. The number of aryl methyl sites for hydroxylation is 2. The monoisotopic (exact) mass is 400 g/mol. The zero-order valence-electron chi connectivity index (χ0n) is 14.1. The Kier molecular flexibility index (Phi) is 5.84. The fourth-order valence-electron chi connectivity index (χ4n) is 2.22. The van der Waals surface area contributed by atoms with Gasteiger partial charge in [-0.15, -0.1) is 0 Å². The fourth-order valence-corrected chi connectivity index (χ4v) is 2.68. The molecule has 128 valence electrons. The minimum atomic E-state index is -0.547. The van der Waals surface area contributed by atoms with Crippen molar-refractivity contribution in [3.05, 3.63) is 57.1 Å². The van der Waals surface area contributed by atoms with Crippen molar-refractivity contribution < 1.29 is 14.6 Å². The van der Waals surface area contributed by atoms with E-state index in [9.17, 15) is 15.2 Å². The second-order valence-corrected chi connectivity index (χ2v) is 6.40. The lowest BCUT2D eigenvalue weighted by Crippen LogP contribution is -2.14. The molecule has 2 aromatic carbocycles. The van der Waals surface area contributed by atoms with E-state index >= 15 is 0 Å². The normalized spacial score (nSPS) is 10.9. The van der Waals surface area contributed by atoms with E-state index in [2.05, 4.69) is 21.2 Å². The second kappa shape index (κ2) is 7.86. The molecule has 0 saturated carbocycles. The van der Waals surface area contributed by atoms with E-state index in [4.69, 9.17) is 4.74 Å². The summed E-state index contributed by atoms with van der Waals surface area (Å²) in [5.74, 6) is -0.444. The van der Waals surface area contributed by atoms with Crippen molar-refractivity contribution in [1.29, 1.82) is 5.26 Å². The van der Waals surface area contributed by atoms with Gasteiger partial charge in [-0.3, -0.25) is 4.79 Å². The van der Waals surface area contributed by atoms with Gasteiger partial charge in [0.15, 0.2) is 11.5 Å². The standard InChI is InChI=1S/C19H17BrN2O3/c1-11-4-5-12(2)16(6-11)22-19(24)14(10-21)7-13-8-15(20)9-17(25-3)18(13)23/h4-9,23H,1-3H3,(H,22,24)/b14-7+. The number of nitriles is 1. The largest absolute Gasteiger partial charge is 0.504 e. The first-order chi connectivity index (χ1) is 11.8. The first kappa shape index (κ1) is 18.6. The molecule has 0 heterocycles. The van der Waals surface area contributed by atoms with Gasteiger partial charge in [-0.1, -0.05) is 28.1 Å². The molecule has 1 amide bonds. The van der Waals surface area contributed by atoms with Gasteiger partial charge in [0.1, 0.15) is 11.6 Å². The Balaban J connectivity index is 2.38. The van der Waals surface area contributed by atoms with Crippen molar-refractivity contribution in [1.82, 2.24) is 0 Å². The maximum Gasteiger partial charge on any atom is 0.266 e. The number of nitrogens with zero attached hydrogens (tertiary/aromatic N) is 1. The molecule has 0 radical (unpaired) electrons. The predicted molar refractivity (Wildman–Crippen MR) is 100 cm³/mol. The Labute approximate surface area is 154 Å². The van der Waals surface area contributed by atoms with E-state index in [1.807, 2.05) is 38.1 Å². The van der Waals surface area contributed by atoms with Crippen molar-refractivity contribution in [2.45, 2.75) is 13.8 Å². The SMILES string of the molecule is COc1cc(Br)cc(/C=C(\C#N)C(=O)Nc2cc(C)ccc2C)c1O. The van der Waals surface area contributed by atoms with Crippen molar-refractivity contribution >= 4 is 33.6 Å². The van der Waals surface area contributed by atoms with Crippen molar-refractivity contribution in [2.24, 2.45) is 0 Å². The van der Waals surface area contributed by atoms with E-state index in [-0.39, 0.29) is 17.1 Å². The third-order valence-corrected chi connectivity index (χ3v) is 4.05. The number of nitrogens with one attached hydrogen (secondary N) is 1. The zero-order valence-corrected chi connectivity index (χ0v) is 15.6. The lowest BCUT2D eigenvalue weighted by atomic mass is 10.1. The average molecular weight is 401 g/mol. The maximum absolute atomic E-state index is 12.4. The summed E-state index contributed by atoms with van der Waals surface area (Å²) in [5, 5.41) is 22.3. The van der Waals surface area contributed by atoms with Crippen LogP contribution in [-0.4, -0.2) is 18.1 Å². The van der Waals surface area contributed by atoms with E-state index in [0.717, 1.165) is 11.1 Å². The van der Waals surface area contributed by atoms with Crippen molar-refractivity contribution in [3.63, 3.8) is 0 Å². The van der Waals surface area contributed by atoms with E-state index in [1.54, 1.807) is 12.1 Å². The van der Waals surface area contributed by atoms with Gasteiger partial charge >= 0.3 is 0 Å². The molecular formula is C19H17BrN2O3. The summed E-state index contributed by atoms with van der Waals surface area (Å²) in [6.45, 7) is 3.79. The Morgan fingerprint density at radius 2 is 2.04 bits per heavy atom. The summed E-state index contributed by atoms with van der Waals surface area (Å²) < 4.78 is 5.73. The van der Waals surface area contributed by atoms with Crippen LogP contribution in [0.15, 0.2) is 40.4 Å². The number of hydrogen-bond donors (Lipinski definition) is 2. The van der Waals surface area contributed by atoms with E-state index < -0.39 is 5.91 Å². The van der Waals surface area contributed by atoms with Gasteiger partial charge in [0, 0.05) is 15.7 Å². The van der Waals surface area contributed by atoms with Crippen LogP contribution in [0.3, 0.4) is 0 Å². The summed E-state index contributed by atoms with van der Waals surface area (Å²) in [5.41, 5.74) is 2.71. The molecule has 2 aromatic rings. The van der Waals surface area contributed by atoms with Gasteiger partial charge in [0.25, 0.3) is 5.91 Å². The molecule has 0 aromatic heterocycles. The first-order valence-corrected chi connectivity index (χ1v) is 8.22. The summed E-state index contributed by atoms with van der Waals surface area (Å²) in [6.07, 6.45) is 1.32. The van der Waals surface area contributed by atoms with Crippen LogP contribution >= 0.6 is 15.9 Å². The molecule has 2 rings (SSSR count). The van der Waals surface area contributed by atoms with Gasteiger partial charge in [-0.05, 0) is 49.2 Å². The number of phenols is 1. The molecule has 0 aliphatic heterocycles. The first-order valence-electron chi connectivity index (χ1n) is 7.42. The van der Waals surface area contributed by atoms with Crippen LogP contribution in [0, 0.1) is 25.2 Å². The average Bonchev–Trinajstić information content (AvgIpc) is 2.58.